The summed E-state index contributed by atoms with van der Waals surface area (Å²) in [5, 5.41) is 6.75. The van der Waals surface area contributed by atoms with Crippen molar-refractivity contribution < 1.29 is 0 Å². The third-order valence-electron chi connectivity index (χ3n) is 2.70. The monoisotopic (exact) mass is 238 g/mol. The van der Waals surface area contributed by atoms with Crippen LogP contribution in [-0.4, -0.2) is 18.1 Å². The highest BCUT2D eigenvalue weighted by molar-refractivity contribution is 7.09. The van der Waals surface area contributed by atoms with Gasteiger partial charge in [0.25, 0.3) is 0 Å². The zero-order chi connectivity index (χ0) is 12.0. The van der Waals surface area contributed by atoms with Crippen LogP contribution in [0.15, 0.2) is 18.0 Å². The van der Waals surface area contributed by atoms with Crippen molar-refractivity contribution in [1.29, 1.82) is 0 Å². The van der Waals surface area contributed by atoms with Crippen molar-refractivity contribution in [1.82, 2.24) is 10.3 Å². The lowest BCUT2D eigenvalue weighted by atomic mass is 9.85. The number of rotatable bonds is 7. The summed E-state index contributed by atoms with van der Waals surface area (Å²) >= 11 is 1.72. The van der Waals surface area contributed by atoms with E-state index in [4.69, 9.17) is 0 Å². The minimum Gasteiger partial charge on any atom is -0.316 e. The maximum absolute atomic E-state index is 4.51. The highest BCUT2D eigenvalue weighted by atomic mass is 32.1. The molecule has 1 rings (SSSR count). The summed E-state index contributed by atoms with van der Waals surface area (Å²) in [6, 6.07) is 0. The standard InChI is InChI=1S/C13H22N2S/c1-5-7-14-10-13(4,6-2)8-12-9-16-11(3)15-12/h6,9,14H,2,5,7-8,10H2,1,3-4H3. The van der Waals surface area contributed by atoms with Crippen molar-refractivity contribution in [3.05, 3.63) is 28.7 Å². The fourth-order valence-corrected chi connectivity index (χ4v) is 2.27. The van der Waals surface area contributed by atoms with Crippen LogP contribution in [0.1, 0.15) is 31.0 Å². The fraction of sp³-hybridized carbons (Fsp3) is 0.615. The predicted octanol–water partition coefficient (Wildman–Crippen LogP) is 3.19. The molecule has 1 aromatic heterocycles. The molecule has 0 saturated heterocycles. The lowest BCUT2D eigenvalue weighted by Gasteiger charge is -2.25. The molecule has 16 heavy (non-hydrogen) atoms. The van der Waals surface area contributed by atoms with Gasteiger partial charge in [-0.2, -0.15) is 0 Å². The zero-order valence-corrected chi connectivity index (χ0v) is 11.4. The van der Waals surface area contributed by atoms with Crippen LogP contribution in [0.25, 0.3) is 0 Å². The first-order chi connectivity index (χ1) is 7.59. The lowest BCUT2D eigenvalue weighted by Crippen LogP contribution is -2.32. The van der Waals surface area contributed by atoms with Crippen LogP contribution >= 0.6 is 11.3 Å². The number of aryl methyl sites for hydroxylation is 1. The molecule has 0 radical (unpaired) electrons. The zero-order valence-electron chi connectivity index (χ0n) is 10.5. The van der Waals surface area contributed by atoms with Crippen molar-refractivity contribution in [2.24, 2.45) is 5.41 Å². The van der Waals surface area contributed by atoms with Gasteiger partial charge in [-0.15, -0.1) is 17.9 Å². The minimum atomic E-state index is 0.107. The van der Waals surface area contributed by atoms with Crippen molar-refractivity contribution in [3.63, 3.8) is 0 Å². The van der Waals surface area contributed by atoms with Crippen molar-refractivity contribution in [3.8, 4) is 0 Å². The Kier molecular flexibility index (Phi) is 5.16. The Morgan fingerprint density at radius 3 is 2.88 bits per heavy atom. The molecule has 3 heteroatoms. The Morgan fingerprint density at radius 2 is 2.38 bits per heavy atom. The smallest absolute Gasteiger partial charge is 0.0897 e. The van der Waals surface area contributed by atoms with E-state index in [1.807, 2.05) is 6.08 Å². The summed E-state index contributed by atoms with van der Waals surface area (Å²) in [5.41, 5.74) is 1.29. The number of thiazole rings is 1. The van der Waals surface area contributed by atoms with Gasteiger partial charge >= 0.3 is 0 Å². The first kappa shape index (κ1) is 13.4. The van der Waals surface area contributed by atoms with E-state index >= 15 is 0 Å². The Bertz CT molecular complexity index is 332. The molecule has 1 atom stereocenters. The van der Waals surface area contributed by atoms with E-state index in [1.165, 1.54) is 12.1 Å². The molecule has 1 unspecified atom stereocenters. The molecule has 2 nitrogen and oxygen atoms in total. The molecule has 0 aliphatic rings. The molecule has 0 amide bonds. The Labute approximate surface area is 103 Å². The molecule has 0 bridgehead atoms. The highest BCUT2D eigenvalue weighted by Gasteiger charge is 2.21. The topological polar surface area (TPSA) is 24.9 Å². The summed E-state index contributed by atoms with van der Waals surface area (Å²) in [6.07, 6.45) is 4.19. The molecule has 1 heterocycles. The second kappa shape index (κ2) is 6.16. The Morgan fingerprint density at radius 1 is 1.62 bits per heavy atom. The molecule has 0 fully saturated rings. The van der Waals surface area contributed by atoms with E-state index in [0.717, 1.165) is 24.5 Å². The molecule has 0 aromatic carbocycles. The van der Waals surface area contributed by atoms with E-state index in [0.29, 0.717) is 0 Å². The average molecular weight is 238 g/mol. The van der Waals surface area contributed by atoms with E-state index in [2.05, 4.69) is 43.0 Å². The van der Waals surface area contributed by atoms with E-state index < -0.39 is 0 Å². The van der Waals surface area contributed by atoms with Gasteiger partial charge in [-0.25, -0.2) is 4.98 Å². The number of aromatic nitrogens is 1. The molecule has 1 N–H and O–H groups in total. The van der Waals surface area contributed by atoms with Crippen molar-refractivity contribution in [2.45, 2.75) is 33.6 Å². The predicted molar refractivity (Wildman–Crippen MR) is 72.0 cm³/mol. The number of hydrogen-bond donors (Lipinski definition) is 1. The molecule has 1 aromatic rings. The van der Waals surface area contributed by atoms with Crippen LogP contribution in [0, 0.1) is 12.3 Å². The van der Waals surface area contributed by atoms with Crippen LogP contribution in [0.5, 0.6) is 0 Å². The van der Waals surface area contributed by atoms with Gasteiger partial charge in [-0.1, -0.05) is 19.9 Å². The largest absolute Gasteiger partial charge is 0.316 e. The van der Waals surface area contributed by atoms with E-state index in [9.17, 15) is 0 Å². The minimum absolute atomic E-state index is 0.107. The quantitative estimate of drug-likeness (QED) is 0.583. The van der Waals surface area contributed by atoms with Crippen molar-refractivity contribution >= 4 is 11.3 Å². The van der Waals surface area contributed by atoms with Gasteiger partial charge in [-0.3, -0.25) is 0 Å². The summed E-state index contributed by atoms with van der Waals surface area (Å²) in [4.78, 5) is 4.51. The highest BCUT2D eigenvalue weighted by Crippen LogP contribution is 2.23. The third-order valence-corrected chi connectivity index (χ3v) is 3.52. The second-order valence-corrected chi connectivity index (χ2v) is 5.63. The van der Waals surface area contributed by atoms with Crippen LogP contribution < -0.4 is 5.32 Å². The number of hydrogen-bond acceptors (Lipinski definition) is 3. The first-order valence-electron chi connectivity index (χ1n) is 5.85. The third kappa shape index (κ3) is 4.06. The lowest BCUT2D eigenvalue weighted by molar-refractivity contribution is 0.388. The van der Waals surface area contributed by atoms with Gasteiger partial charge in [0.1, 0.15) is 0 Å². The summed E-state index contributed by atoms with van der Waals surface area (Å²) in [7, 11) is 0. The molecule has 0 aliphatic carbocycles. The number of nitrogens with one attached hydrogen (secondary N) is 1. The second-order valence-electron chi connectivity index (χ2n) is 4.57. The van der Waals surface area contributed by atoms with E-state index in [1.54, 1.807) is 11.3 Å². The Hall–Kier alpha value is -0.670. The molecular weight excluding hydrogens is 216 g/mol. The van der Waals surface area contributed by atoms with Gasteiger partial charge in [0, 0.05) is 23.8 Å². The maximum Gasteiger partial charge on any atom is 0.0897 e. The summed E-state index contributed by atoms with van der Waals surface area (Å²) < 4.78 is 0. The van der Waals surface area contributed by atoms with Gasteiger partial charge in [0.2, 0.25) is 0 Å². The van der Waals surface area contributed by atoms with Gasteiger partial charge in [0.05, 0.1) is 10.7 Å². The van der Waals surface area contributed by atoms with Gasteiger partial charge < -0.3 is 5.32 Å². The SMILES string of the molecule is C=CC(C)(CNCCC)Cc1csc(C)n1. The van der Waals surface area contributed by atoms with Crippen LogP contribution in [0.2, 0.25) is 0 Å². The maximum atomic E-state index is 4.51. The Balaban J connectivity index is 2.55. The van der Waals surface area contributed by atoms with Gasteiger partial charge in [-0.05, 0) is 19.9 Å². The van der Waals surface area contributed by atoms with Crippen LogP contribution in [-0.2, 0) is 6.42 Å². The molecule has 90 valence electrons. The van der Waals surface area contributed by atoms with Crippen LogP contribution in [0.3, 0.4) is 0 Å². The summed E-state index contributed by atoms with van der Waals surface area (Å²) in [5.74, 6) is 0. The average Bonchev–Trinajstić information content (AvgIpc) is 2.64. The van der Waals surface area contributed by atoms with Crippen molar-refractivity contribution in [2.75, 3.05) is 13.1 Å². The number of nitrogens with zero attached hydrogens (tertiary/aromatic N) is 1. The molecule has 0 spiro atoms. The van der Waals surface area contributed by atoms with E-state index in [-0.39, 0.29) is 5.41 Å². The normalized spacial score (nSPS) is 14.7. The molecular formula is C13H22N2S. The fourth-order valence-electron chi connectivity index (χ4n) is 1.66. The van der Waals surface area contributed by atoms with Gasteiger partial charge in [0.15, 0.2) is 0 Å². The summed E-state index contributed by atoms with van der Waals surface area (Å²) in [6.45, 7) is 12.5. The molecule has 0 saturated carbocycles. The first-order valence-corrected chi connectivity index (χ1v) is 6.73. The van der Waals surface area contributed by atoms with Crippen LogP contribution in [0.4, 0.5) is 0 Å². The molecule has 0 aliphatic heterocycles.